The molecule has 180 valence electrons. The van der Waals surface area contributed by atoms with E-state index < -0.39 is 0 Å². The van der Waals surface area contributed by atoms with Gasteiger partial charge in [-0.15, -0.1) is 0 Å². The van der Waals surface area contributed by atoms with Crippen LogP contribution in [0.4, 0.5) is 4.39 Å². The zero-order valence-corrected chi connectivity index (χ0v) is 21.0. The minimum absolute atomic E-state index is 0.118. The van der Waals surface area contributed by atoms with E-state index in [0.717, 1.165) is 36.8 Å². The van der Waals surface area contributed by atoms with Crippen molar-refractivity contribution in [1.82, 2.24) is 15.0 Å². The molecule has 4 nitrogen and oxygen atoms in total. The molecule has 1 saturated carbocycles. The summed E-state index contributed by atoms with van der Waals surface area (Å²) in [6.07, 6.45) is 8.61. The third-order valence-electron chi connectivity index (χ3n) is 6.97. The van der Waals surface area contributed by atoms with Crippen LogP contribution in [0.15, 0.2) is 59.1 Å². The van der Waals surface area contributed by atoms with Crippen molar-refractivity contribution in [2.24, 2.45) is 11.8 Å². The zero-order chi connectivity index (χ0) is 24.3. The minimum atomic E-state index is -0.162. The van der Waals surface area contributed by atoms with E-state index in [-0.39, 0.29) is 17.3 Å². The van der Waals surface area contributed by atoms with Crippen molar-refractivity contribution in [1.29, 1.82) is 0 Å². The molecule has 0 amide bonds. The van der Waals surface area contributed by atoms with Crippen LogP contribution in [0.2, 0.25) is 0 Å². The predicted octanol–water partition coefficient (Wildman–Crippen LogP) is 7.30. The topological polar surface area (TPSA) is 42.2 Å². The summed E-state index contributed by atoms with van der Waals surface area (Å²) < 4.78 is 19.3. The molecule has 2 aromatic carbocycles. The first kappa shape index (κ1) is 24.3. The molecule has 1 fully saturated rings. The molecule has 1 aliphatic rings. The second-order valence-corrected chi connectivity index (χ2v) is 10.8. The average Bonchev–Trinajstić information content (AvgIpc) is 3.27. The van der Waals surface area contributed by atoms with Crippen LogP contribution >= 0.6 is 0 Å². The quantitative estimate of drug-likeness (QED) is 0.386. The summed E-state index contributed by atoms with van der Waals surface area (Å²) in [5.41, 5.74) is 3.43. The Morgan fingerprint density at radius 2 is 1.74 bits per heavy atom. The fourth-order valence-corrected chi connectivity index (χ4v) is 5.09. The number of rotatable bonds is 6. The molecule has 0 radical (unpaired) electrons. The number of aromatic nitrogens is 2. The van der Waals surface area contributed by atoms with Gasteiger partial charge in [-0.2, -0.15) is 4.98 Å². The lowest BCUT2D eigenvalue weighted by Crippen LogP contribution is -2.30. The van der Waals surface area contributed by atoms with E-state index in [2.05, 4.69) is 80.2 Å². The number of benzene rings is 2. The Hall–Kier alpha value is -2.79. The third-order valence-corrected chi connectivity index (χ3v) is 6.97. The summed E-state index contributed by atoms with van der Waals surface area (Å²) in [6.45, 7) is 6.61. The van der Waals surface area contributed by atoms with Gasteiger partial charge < -0.3 is 9.42 Å². The number of halogens is 1. The molecule has 4 rings (SSSR count). The predicted molar refractivity (Wildman–Crippen MR) is 136 cm³/mol. The largest absolute Gasteiger partial charge is 0.334 e. The lowest BCUT2D eigenvalue weighted by molar-refractivity contribution is 0.159. The highest BCUT2D eigenvalue weighted by Gasteiger charge is 2.29. The third kappa shape index (κ3) is 5.82. The smallest absolute Gasteiger partial charge is 0.250 e. The minimum Gasteiger partial charge on any atom is -0.334 e. The van der Waals surface area contributed by atoms with Crippen LogP contribution in [-0.4, -0.2) is 29.1 Å². The van der Waals surface area contributed by atoms with Gasteiger partial charge in [-0.1, -0.05) is 68.4 Å². The van der Waals surface area contributed by atoms with Crippen LogP contribution in [0.3, 0.4) is 0 Å². The van der Waals surface area contributed by atoms with Crippen LogP contribution < -0.4 is 0 Å². The van der Waals surface area contributed by atoms with E-state index >= 15 is 0 Å². The van der Waals surface area contributed by atoms with Gasteiger partial charge in [0.05, 0.1) is 0 Å². The lowest BCUT2D eigenvalue weighted by atomic mass is 9.76. The average molecular weight is 462 g/mol. The molecular formula is C29H36FN3O. The second-order valence-electron chi connectivity index (χ2n) is 10.8. The molecule has 1 heterocycles. The van der Waals surface area contributed by atoms with Gasteiger partial charge in [0.1, 0.15) is 5.82 Å². The van der Waals surface area contributed by atoms with E-state index in [4.69, 9.17) is 4.52 Å². The molecule has 34 heavy (non-hydrogen) atoms. The summed E-state index contributed by atoms with van der Waals surface area (Å²) >= 11 is 0. The Bertz CT molecular complexity index is 1100. The Morgan fingerprint density at radius 3 is 2.35 bits per heavy atom. The highest BCUT2D eigenvalue weighted by Crippen LogP contribution is 2.40. The van der Waals surface area contributed by atoms with Gasteiger partial charge in [0.25, 0.3) is 5.89 Å². The van der Waals surface area contributed by atoms with E-state index in [1.165, 1.54) is 11.6 Å². The molecule has 0 spiro atoms. The van der Waals surface area contributed by atoms with Gasteiger partial charge in [-0.25, -0.2) is 4.39 Å². The Kier molecular flexibility index (Phi) is 7.32. The number of allylic oxidation sites excluding steroid dienone is 1. The maximum atomic E-state index is 13.8. The molecule has 1 atom stereocenters. The van der Waals surface area contributed by atoms with Crippen molar-refractivity contribution in [3.8, 4) is 11.4 Å². The van der Waals surface area contributed by atoms with Crippen LogP contribution in [-0.2, 0) is 5.41 Å². The van der Waals surface area contributed by atoms with Crippen molar-refractivity contribution in [3.63, 3.8) is 0 Å². The molecule has 3 aromatic rings. The van der Waals surface area contributed by atoms with Gasteiger partial charge in [-0.05, 0) is 86.4 Å². The fourth-order valence-electron chi connectivity index (χ4n) is 5.09. The summed E-state index contributed by atoms with van der Waals surface area (Å²) in [5.74, 6) is 2.02. The summed E-state index contributed by atoms with van der Waals surface area (Å²) in [6, 6.07) is 15.7. The normalized spacial score (nSPS) is 20.2. The van der Waals surface area contributed by atoms with Crippen LogP contribution in [0.25, 0.3) is 17.5 Å². The molecule has 0 aliphatic heterocycles. The maximum Gasteiger partial charge on any atom is 0.250 e. The number of hydrogen-bond donors (Lipinski definition) is 0. The standard InChI is InChI=1S/C29H36FN3O/c1-29(2,3)24-16-14-22(15-17-24)28-31-26(34-32-28)18-11-20-9-12-21(13-10-20)27(33(4)5)23-7-6-8-25(30)19-23/h6-8,11,14-21,27H,9-10,12-13H2,1-5H3. The first-order valence-corrected chi connectivity index (χ1v) is 12.3. The first-order valence-electron chi connectivity index (χ1n) is 12.3. The second kappa shape index (κ2) is 10.2. The number of nitrogens with zero attached hydrogens (tertiary/aromatic N) is 3. The van der Waals surface area contributed by atoms with Crippen molar-refractivity contribution >= 4 is 6.08 Å². The van der Waals surface area contributed by atoms with Crippen molar-refractivity contribution in [3.05, 3.63) is 77.4 Å². The summed E-state index contributed by atoms with van der Waals surface area (Å²) in [4.78, 5) is 6.79. The maximum absolute atomic E-state index is 13.8. The van der Waals surface area contributed by atoms with E-state index in [0.29, 0.717) is 23.6 Å². The van der Waals surface area contributed by atoms with E-state index in [1.54, 1.807) is 6.07 Å². The molecule has 0 saturated heterocycles. The van der Waals surface area contributed by atoms with Gasteiger partial charge in [0.15, 0.2) is 0 Å². The fraction of sp³-hybridized carbons (Fsp3) is 0.448. The van der Waals surface area contributed by atoms with Crippen LogP contribution in [0, 0.1) is 17.7 Å². The first-order chi connectivity index (χ1) is 16.2. The SMILES string of the molecule is CN(C)C(c1cccc(F)c1)C1CCC(C=Cc2nc(-c3ccc(C(C)(C)C)cc3)no2)CC1. The Labute approximate surface area is 202 Å². The summed E-state index contributed by atoms with van der Waals surface area (Å²) in [5, 5.41) is 4.16. The molecule has 0 N–H and O–H groups in total. The van der Waals surface area contributed by atoms with Crippen LogP contribution in [0.1, 0.15) is 69.5 Å². The van der Waals surface area contributed by atoms with E-state index in [9.17, 15) is 4.39 Å². The highest BCUT2D eigenvalue weighted by molar-refractivity contribution is 5.56. The highest BCUT2D eigenvalue weighted by atomic mass is 19.1. The molecule has 5 heteroatoms. The lowest BCUT2D eigenvalue weighted by Gasteiger charge is -2.37. The zero-order valence-electron chi connectivity index (χ0n) is 21.0. The molecule has 1 aliphatic carbocycles. The molecule has 1 aromatic heterocycles. The summed E-state index contributed by atoms with van der Waals surface area (Å²) in [7, 11) is 4.18. The van der Waals surface area contributed by atoms with Gasteiger partial charge >= 0.3 is 0 Å². The van der Waals surface area contributed by atoms with Crippen molar-refractivity contribution in [2.45, 2.75) is 57.9 Å². The molecular weight excluding hydrogens is 425 g/mol. The van der Waals surface area contributed by atoms with Gasteiger partial charge in [0, 0.05) is 11.6 Å². The Morgan fingerprint density at radius 1 is 1.03 bits per heavy atom. The number of hydrogen-bond acceptors (Lipinski definition) is 4. The van der Waals surface area contributed by atoms with Gasteiger partial charge in [0.2, 0.25) is 5.82 Å². The molecule has 1 unspecified atom stereocenters. The Balaban J connectivity index is 1.36. The monoisotopic (exact) mass is 461 g/mol. The van der Waals surface area contributed by atoms with Crippen molar-refractivity contribution < 1.29 is 8.91 Å². The van der Waals surface area contributed by atoms with E-state index in [1.807, 2.05) is 18.2 Å². The van der Waals surface area contributed by atoms with Gasteiger partial charge in [-0.3, -0.25) is 0 Å². The van der Waals surface area contributed by atoms with Crippen molar-refractivity contribution in [2.75, 3.05) is 14.1 Å². The molecule has 0 bridgehead atoms. The van der Waals surface area contributed by atoms with Crippen LogP contribution in [0.5, 0.6) is 0 Å².